The number of benzene rings is 1. The Bertz CT molecular complexity index is 867. The molecule has 1 aliphatic rings. The number of anilines is 1. The standard InChI is InChI=1S/C19H16F2N2O2S/c20-19(21)25-13-8-5-12(6-9-13)7-10-17(24)23-18-15(11-22)14-3-1-2-4-16(14)26-18/h5-10,19H,1-4H2,(H,23,24)/b10-7+. The number of nitrogens with zero attached hydrogens (tertiary/aromatic N) is 1. The van der Waals surface area contributed by atoms with Crippen molar-refractivity contribution in [2.75, 3.05) is 5.32 Å². The van der Waals surface area contributed by atoms with Crippen LogP contribution in [0.3, 0.4) is 0 Å². The van der Waals surface area contributed by atoms with Crippen molar-refractivity contribution in [1.29, 1.82) is 5.26 Å². The number of ether oxygens (including phenoxy) is 1. The molecule has 0 aliphatic heterocycles. The van der Waals surface area contributed by atoms with Gasteiger partial charge < -0.3 is 10.1 Å². The van der Waals surface area contributed by atoms with Gasteiger partial charge in [-0.2, -0.15) is 14.0 Å². The number of nitrogens with one attached hydrogen (secondary N) is 1. The molecule has 134 valence electrons. The van der Waals surface area contributed by atoms with E-state index in [1.807, 2.05) is 0 Å². The van der Waals surface area contributed by atoms with E-state index in [0.717, 1.165) is 31.2 Å². The predicted octanol–water partition coefficient (Wildman–Crippen LogP) is 4.75. The molecule has 0 fully saturated rings. The number of carbonyl (C=O) groups excluding carboxylic acids is 1. The lowest BCUT2D eigenvalue weighted by Gasteiger charge is -2.09. The van der Waals surface area contributed by atoms with Crippen LogP contribution in [-0.4, -0.2) is 12.5 Å². The van der Waals surface area contributed by atoms with Gasteiger partial charge in [0.2, 0.25) is 5.91 Å². The van der Waals surface area contributed by atoms with Gasteiger partial charge in [-0.3, -0.25) is 4.79 Å². The van der Waals surface area contributed by atoms with E-state index in [0.29, 0.717) is 16.1 Å². The van der Waals surface area contributed by atoms with Crippen molar-refractivity contribution in [3.05, 3.63) is 51.9 Å². The van der Waals surface area contributed by atoms with Crippen molar-refractivity contribution in [1.82, 2.24) is 0 Å². The molecular weight excluding hydrogens is 358 g/mol. The molecule has 0 radical (unpaired) electrons. The first-order valence-electron chi connectivity index (χ1n) is 8.15. The van der Waals surface area contributed by atoms with E-state index < -0.39 is 6.61 Å². The summed E-state index contributed by atoms with van der Waals surface area (Å²) in [6.07, 6.45) is 6.93. The number of hydrogen-bond donors (Lipinski definition) is 1. The van der Waals surface area contributed by atoms with Crippen LogP contribution in [0.25, 0.3) is 6.08 Å². The Morgan fingerprint density at radius 3 is 2.69 bits per heavy atom. The average molecular weight is 374 g/mol. The molecule has 1 aromatic heterocycles. The van der Waals surface area contributed by atoms with E-state index >= 15 is 0 Å². The number of fused-ring (bicyclic) bond motifs is 1. The highest BCUT2D eigenvalue weighted by Crippen LogP contribution is 2.37. The Morgan fingerprint density at radius 2 is 2.00 bits per heavy atom. The van der Waals surface area contributed by atoms with Crippen LogP contribution in [0.15, 0.2) is 30.3 Å². The number of thiophene rings is 1. The van der Waals surface area contributed by atoms with Gasteiger partial charge in [-0.05, 0) is 55.0 Å². The highest BCUT2D eigenvalue weighted by molar-refractivity contribution is 7.16. The van der Waals surface area contributed by atoms with Crippen molar-refractivity contribution >= 4 is 28.3 Å². The molecule has 26 heavy (non-hydrogen) atoms. The van der Waals surface area contributed by atoms with Crippen molar-refractivity contribution < 1.29 is 18.3 Å². The summed E-state index contributed by atoms with van der Waals surface area (Å²) in [4.78, 5) is 13.3. The second-order valence-electron chi connectivity index (χ2n) is 5.80. The van der Waals surface area contributed by atoms with Gasteiger partial charge in [-0.25, -0.2) is 0 Å². The molecule has 1 heterocycles. The molecule has 0 saturated heterocycles. The van der Waals surface area contributed by atoms with Crippen molar-refractivity contribution in [2.24, 2.45) is 0 Å². The van der Waals surface area contributed by atoms with Gasteiger partial charge in [-0.1, -0.05) is 12.1 Å². The zero-order chi connectivity index (χ0) is 18.5. The summed E-state index contributed by atoms with van der Waals surface area (Å²) < 4.78 is 28.5. The fourth-order valence-corrected chi connectivity index (χ4v) is 4.10. The van der Waals surface area contributed by atoms with E-state index in [1.54, 1.807) is 18.2 Å². The number of nitriles is 1. The van der Waals surface area contributed by atoms with Crippen LogP contribution in [0.4, 0.5) is 13.8 Å². The molecule has 0 spiro atoms. The zero-order valence-electron chi connectivity index (χ0n) is 13.8. The summed E-state index contributed by atoms with van der Waals surface area (Å²) >= 11 is 1.47. The fourth-order valence-electron chi connectivity index (χ4n) is 2.86. The highest BCUT2D eigenvalue weighted by atomic mass is 32.1. The largest absolute Gasteiger partial charge is 0.435 e. The van der Waals surface area contributed by atoms with Gasteiger partial charge in [0.1, 0.15) is 16.8 Å². The minimum atomic E-state index is -2.87. The molecule has 0 atom stereocenters. The Hall–Kier alpha value is -2.72. The first-order chi connectivity index (χ1) is 12.6. The monoisotopic (exact) mass is 374 g/mol. The lowest BCUT2D eigenvalue weighted by molar-refractivity contribution is -0.111. The molecule has 7 heteroatoms. The minimum absolute atomic E-state index is 0.0597. The molecule has 3 rings (SSSR count). The number of aryl methyl sites for hydroxylation is 1. The first kappa shape index (κ1) is 18.1. The van der Waals surface area contributed by atoms with Gasteiger partial charge >= 0.3 is 6.61 Å². The summed E-state index contributed by atoms with van der Waals surface area (Å²) in [5.41, 5.74) is 2.31. The van der Waals surface area contributed by atoms with Crippen molar-refractivity contribution in [3.63, 3.8) is 0 Å². The summed E-state index contributed by atoms with van der Waals surface area (Å²) in [6.45, 7) is -2.87. The van der Waals surface area contributed by atoms with Gasteiger partial charge in [0.15, 0.2) is 0 Å². The second kappa shape index (κ2) is 8.11. The number of rotatable bonds is 5. The zero-order valence-corrected chi connectivity index (χ0v) is 14.6. The third-order valence-corrected chi connectivity index (χ3v) is 5.26. The molecule has 0 saturated carbocycles. The fraction of sp³-hybridized carbons (Fsp3) is 0.263. The Labute approximate surface area is 153 Å². The van der Waals surface area contributed by atoms with E-state index in [1.165, 1.54) is 34.4 Å². The number of alkyl halides is 2. The Balaban J connectivity index is 1.66. The van der Waals surface area contributed by atoms with Crippen LogP contribution >= 0.6 is 11.3 Å². The van der Waals surface area contributed by atoms with Crippen LogP contribution in [0.5, 0.6) is 5.75 Å². The third kappa shape index (κ3) is 4.27. The summed E-state index contributed by atoms with van der Waals surface area (Å²) in [6, 6.07) is 8.17. The van der Waals surface area contributed by atoms with E-state index in [9.17, 15) is 18.8 Å². The summed E-state index contributed by atoms with van der Waals surface area (Å²) in [5.74, 6) is -0.280. The lowest BCUT2D eigenvalue weighted by Crippen LogP contribution is -2.07. The first-order valence-corrected chi connectivity index (χ1v) is 8.97. The van der Waals surface area contributed by atoms with Crippen LogP contribution in [0, 0.1) is 11.3 Å². The number of carbonyl (C=O) groups is 1. The third-order valence-electron chi connectivity index (χ3n) is 4.05. The van der Waals surface area contributed by atoms with Gasteiger partial charge in [0.05, 0.1) is 5.56 Å². The van der Waals surface area contributed by atoms with Gasteiger partial charge in [0, 0.05) is 11.0 Å². The maximum Gasteiger partial charge on any atom is 0.387 e. The quantitative estimate of drug-likeness (QED) is 0.768. The maximum atomic E-state index is 12.2. The number of halogens is 2. The van der Waals surface area contributed by atoms with E-state index in [4.69, 9.17) is 0 Å². The van der Waals surface area contributed by atoms with Gasteiger partial charge in [-0.15, -0.1) is 11.3 Å². The highest BCUT2D eigenvalue weighted by Gasteiger charge is 2.21. The smallest absolute Gasteiger partial charge is 0.387 e. The minimum Gasteiger partial charge on any atom is -0.435 e. The molecule has 1 amide bonds. The molecule has 1 aromatic carbocycles. The molecule has 4 nitrogen and oxygen atoms in total. The van der Waals surface area contributed by atoms with Gasteiger partial charge in [0.25, 0.3) is 0 Å². The molecular formula is C19H16F2N2O2S. The maximum absolute atomic E-state index is 12.2. The number of hydrogen-bond acceptors (Lipinski definition) is 4. The molecule has 1 aliphatic carbocycles. The van der Waals surface area contributed by atoms with E-state index in [-0.39, 0.29) is 11.7 Å². The number of amides is 1. The second-order valence-corrected chi connectivity index (χ2v) is 6.90. The van der Waals surface area contributed by atoms with Crippen LogP contribution < -0.4 is 10.1 Å². The molecule has 2 aromatic rings. The van der Waals surface area contributed by atoms with Crippen LogP contribution in [0.1, 0.15) is 34.4 Å². The summed E-state index contributed by atoms with van der Waals surface area (Å²) in [7, 11) is 0. The molecule has 0 bridgehead atoms. The van der Waals surface area contributed by atoms with Crippen LogP contribution in [-0.2, 0) is 17.6 Å². The van der Waals surface area contributed by atoms with Crippen LogP contribution in [0.2, 0.25) is 0 Å². The summed E-state index contributed by atoms with van der Waals surface area (Å²) in [5, 5.41) is 12.8. The van der Waals surface area contributed by atoms with Crippen molar-refractivity contribution in [3.8, 4) is 11.8 Å². The van der Waals surface area contributed by atoms with Crippen molar-refractivity contribution in [2.45, 2.75) is 32.3 Å². The Morgan fingerprint density at radius 1 is 1.27 bits per heavy atom. The average Bonchev–Trinajstić information content (AvgIpc) is 2.97. The molecule has 0 unspecified atom stereocenters. The predicted molar refractivity (Wildman–Crippen MR) is 96.4 cm³/mol. The normalized spacial score (nSPS) is 13.5. The Kier molecular flexibility index (Phi) is 5.64. The van der Waals surface area contributed by atoms with E-state index in [2.05, 4.69) is 16.1 Å². The topological polar surface area (TPSA) is 62.1 Å². The lowest BCUT2D eigenvalue weighted by atomic mass is 9.96. The SMILES string of the molecule is N#Cc1c(NC(=O)/C=C/c2ccc(OC(F)F)cc2)sc2c1CCCC2. The molecule has 1 N–H and O–H groups in total.